The van der Waals surface area contributed by atoms with E-state index < -0.39 is 17.4 Å². The van der Waals surface area contributed by atoms with Crippen molar-refractivity contribution in [1.82, 2.24) is 15.1 Å². The highest BCUT2D eigenvalue weighted by Gasteiger charge is 2.27. The molecule has 0 bridgehead atoms. The van der Waals surface area contributed by atoms with Crippen molar-refractivity contribution in [2.45, 2.75) is 19.4 Å². The number of aliphatic hydroxyl groups is 1. The van der Waals surface area contributed by atoms with Gasteiger partial charge in [-0.05, 0) is 13.8 Å². The summed E-state index contributed by atoms with van der Waals surface area (Å²) in [5.41, 5.74) is -0.768. The number of piperazine rings is 1. The van der Waals surface area contributed by atoms with Crippen LogP contribution in [0.15, 0.2) is 0 Å². The molecule has 0 spiro atoms. The van der Waals surface area contributed by atoms with E-state index in [2.05, 4.69) is 10.2 Å². The minimum absolute atomic E-state index is 0.163. The number of carbonyl (C=O) groups is 2. The quantitative estimate of drug-likeness (QED) is 0.482. The number of nitrogens with one attached hydrogen (secondary N) is 1. The molecular formula is C12H20N4O3. The second kappa shape index (κ2) is 6.50. The Bertz CT molecular complexity index is 375. The molecule has 0 saturated carbocycles. The molecule has 7 heteroatoms. The van der Waals surface area contributed by atoms with Crippen LogP contribution >= 0.6 is 0 Å². The van der Waals surface area contributed by atoms with Crippen LogP contribution in [0.2, 0.25) is 0 Å². The Kier molecular flexibility index (Phi) is 5.27. The number of rotatable bonds is 3. The smallest absolute Gasteiger partial charge is 0.311 e. The van der Waals surface area contributed by atoms with E-state index in [1.165, 1.54) is 4.90 Å². The normalized spacial score (nSPS) is 16.8. The second-order valence-electron chi connectivity index (χ2n) is 5.22. The molecule has 19 heavy (non-hydrogen) atoms. The lowest BCUT2D eigenvalue weighted by Crippen LogP contribution is -2.54. The molecular weight excluding hydrogens is 248 g/mol. The Labute approximate surface area is 112 Å². The van der Waals surface area contributed by atoms with E-state index in [1.807, 2.05) is 0 Å². The number of amides is 2. The first-order valence-corrected chi connectivity index (χ1v) is 6.22. The highest BCUT2D eigenvalue weighted by atomic mass is 16.3. The van der Waals surface area contributed by atoms with Crippen LogP contribution in [0.4, 0.5) is 0 Å². The van der Waals surface area contributed by atoms with Crippen molar-refractivity contribution in [2.24, 2.45) is 0 Å². The Hall–Kier alpha value is -1.65. The van der Waals surface area contributed by atoms with Crippen molar-refractivity contribution in [2.75, 3.05) is 39.3 Å². The third-order valence-electron chi connectivity index (χ3n) is 2.79. The fourth-order valence-corrected chi connectivity index (χ4v) is 2.00. The molecule has 0 aromatic rings. The maximum absolute atomic E-state index is 11.7. The first-order valence-electron chi connectivity index (χ1n) is 6.22. The van der Waals surface area contributed by atoms with Gasteiger partial charge in [0.15, 0.2) is 0 Å². The lowest BCUT2D eigenvalue weighted by atomic mass is 10.1. The van der Waals surface area contributed by atoms with E-state index in [4.69, 9.17) is 5.26 Å². The van der Waals surface area contributed by atoms with Crippen LogP contribution in [0.3, 0.4) is 0 Å². The van der Waals surface area contributed by atoms with E-state index in [-0.39, 0.29) is 6.54 Å². The van der Waals surface area contributed by atoms with Gasteiger partial charge in [-0.1, -0.05) is 0 Å². The molecule has 0 aliphatic carbocycles. The summed E-state index contributed by atoms with van der Waals surface area (Å²) in [5, 5.41) is 20.3. The molecule has 0 atom stereocenters. The largest absolute Gasteiger partial charge is 0.389 e. The van der Waals surface area contributed by atoms with Crippen molar-refractivity contribution in [3.05, 3.63) is 0 Å². The Morgan fingerprint density at radius 3 is 2.37 bits per heavy atom. The zero-order valence-corrected chi connectivity index (χ0v) is 11.3. The van der Waals surface area contributed by atoms with E-state index in [0.717, 1.165) is 0 Å². The van der Waals surface area contributed by atoms with Crippen LogP contribution in [0.5, 0.6) is 0 Å². The molecule has 7 nitrogen and oxygen atoms in total. The van der Waals surface area contributed by atoms with Crippen LogP contribution in [-0.2, 0) is 9.59 Å². The Morgan fingerprint density at radius 1 is 1.32 bits per heavy atom. The van der Waals surface area contributed by atoms with Gasteiger partial charge in [0, 0.05) is 32.7 Å². The predicted octanol–water partition coefficient (Wildman–Crippen LogP) is -1.46. The predicted molar refractivity (Wildman–Crippen MR) is 67.9 cm³/mol. The fraction of sp³-hybridized carbons (Fsp3) is 0.750. The lowest BCUT2D eigenvalue weighted by molar-refractivity contribution is -0.147. The molecule has 1 aliphatic rings. The van der Waals surface area contributed by atoms with Crippen molar-refractivity contribution in [3.8, 4) is 6.07 Å². The highest BCUT2D eigenvalue weighted by molar-refractivity contribution is 6.35. The van der Waals surface area contributed by atoms with Crippen molar-refractivity contribution < 1.29 is 14.7 Å². The van der Waals surface area contributed by atoms with Crippen LogP contribution in [-0.4, -0.2) is 71.6 Å². The van der Waals surface area contributed by atoms with Crippen LogP contribution in [0.25, 0.3) is 0 Å². The summed E-state index contributed by atoms with van der Waals surface area (Å²) >= 11 is 0. The van der Waals surface area contributed by atoms with Crippen molar-refractivity contribution >= 4 is 11.8 Å². The number of β-amino-alcohol motifs (C(OH)–C–C–N with tert-alkyl or cyclic N) is 1. The first kappa shape index (κ1) is 15.4. The zero-order chi connectivity index (χ0) is 14.5. The van der Waals surface area contributed by atoms with Gasteiger partial charge in [-0.15, -0.1) is 0 Å². The molecule has 1 fully saturated rings. The van der Waals surface area contributed by atoms with Crippen LogP contribution in [0.1, 0.15) is 13.8 Å². The minimum atomic E-state index is -0.768. The summed E-state index contributed by atoms with van der Waals surface area (Å²) < 4.78 is 0. The number of hydrogen-bond donors (Lipinski definition) is 2. The maximum atomic E-state index is 11.7. The zero-order valence-electron chi connectivity index (χ0n) is 11.3. The summed E-state index contributed by atoms with van der Waals surface area (Å²) in [4.78, 5) is 26.7. The van der Waals surface area contributed by atoms with Crippen LogP contribution in [0, 0.1) is 11.3 Å². The van der Waals surface area contributed by atoms with Gasteiger partial charge in [-0.3, -0.25) is 14.5 Å². The summed E-state index contributed by atoms with van der Waals surface area (Å²) in [6.45, 7) is 6.00. The molecule has 1 saturated heterocycles. The van der Waals surface area contributed by atoms with Crippen molar-refractivity contribution in [3.63, 3.8) is 0 Å². The van der Waals surface area contributed by atoms with Gasteiger partial charge >= 0.3 is 11.8 Å². The van der Waals surface area contributed by atoms with Gasteiger partial charge < -0.3 is 15.3 Å². The third-order valence-corrected chi connectivity index (χ3v) is 2.79. The summed E-state index contributed by atoms with van der Waals surface area (Å²) in [6, 6.07) is 1.75. The van der Waals surface area contributed by atoms with Gasteiger partial charge in [0.1, 0.15) is 6.54 Å². The van der Waals surface area contributed by atoms with Crippen LogP contribution < -0.4 is 5.32 Å². The average Bonchev–Trinajstić information content (AvgIpc) is 2.34. The highest BCUT2D eigenvalue weighted by Crippen LogP contribution is 2.08. The molecule has 2 amide bonds. The second-order valence-corrected chi connectivity index (χ2v) is 5.22. The van der Waals surface area contributed by atoms with Gasteiger partial charge in [0.05, 0.1) is 11.7 Å². The molecule has 0 aromatic carbocycles. The standard InChI is InChI=1S/C12H20N4O3/c1-12(2,19)9-15-5-7-16(8-6-15)11(18)10(17)14-4-3-13/h19H,4-9H2,1-2H3,(H,14,17). The number of carbonyl (C=O) groups excluding carboxylic acids is 2. The van der Waals surface area contributed by atoms with E-state index >= 15 is 0 Å². The SMILES string of the molecule is CC(C)(O)CN1CCN(C(=O)C(=O)NCC#N)CC1. The topological polar surface area (TPSA) is 96.7 Å². The summed E-state index contributed by atoms with van der Waals surface area (Å²) in [5.74, 6) is -1.34. The maximum Gasteiger partial charge on any atom is 0.311 e. The number of hydrogen-bond acceptors (Lipinski definition) is 5. The first-order chi connectivity index (χ1) is 8.83. The van der Waals surface area contributed by atoms with Gasteiger partial charge in [-0.25, -0.2) is 0 Å². The number of nitriles is 1. The summed E-state index contributed by atoms with van der Waals surface area (Å²) in [6.07, 6.45) is 0. The molecule has 0 unspecified atom stereocenters. The molecule has 0 radical (unpaired) electrons. The summed E-state index contributed by atoms with van der Waals surface area (Å²) in [7, 11) is 0. The molecule has 2 N–H and O–H groups in total. The van der Waals surface area contributed by atoms with Gasteiger partial charge in [-0.2, -0.15) is 5.26 Å². The lowest BCUT2D eigenvalue weighted by Gasteiger charge is -2.36. The molecule has 106 valence electrons. The Balaban J connectivity index is 2.39. The third kappa shape index (κ3) is 5.24. The van der Waals surface area contributed by atoms with Crippen molar-refractivity contribution in [1.29, 1.82) is 5.26 Å². The monoisotopic (exact) mass is 268 g/mol. The Morgan fingerprint density at radius 2 is 1.89 bits per heavy atom. The molecule has 1 heterocycles. The van der Waals surface area contributed by atoms with E-state index in [9.17, 15) is 14.7 Å². The van der Waals surface area contributed by atoms with E-state index in [1.54, 1.807) is 19.9 Å². The average molecular weight is 268 g/mol. The van der Waals surface area contributed by atoms with Gasteiger partial charge in [0.2, 0.25) is 0 Å². The molecule has 1 aliphatic heterocycles. The van der Waals surface area contributed by atoms with E-state index in [0.29, 0.717) is 32.7 Å². The molecule has 1 rings (SSSR count). The van der Waals surface area contributed by atoms with Gasteiger partial charge in [0.25, 0.3) is 0 Å². The number of nitrogens with zero attached hydrogens (tertiary/aromatic N) is 3. The minimum Gasteiger partial charge on any atom is -0.389 e. The fourth-order valence-electron chi connectivity index (χ4n) is 2.00. The molecule has 0 aromatic heterocycles.